The van der Waals surface area contributed by atoms with E-state index in [0.717, 1.165) is 6.54 Å². The van der Waals surface area contributed by atoms with Crippen LogP contribution >= 0.6 is 0 Å². The molecule has 4 nitrogen and oxygen atoms in total. The topological polar surface area (TPSA) is 43.8 Å². The number of carbonyl (C=O) groups excluding carboxylic acids is 1. The van der Waals surface area contributed by atoms with Crippen LogP contribution in [-0.2, 0) is 4.79 Å². The molecule has 0 spiro atoms. The summed E-state index contributed by atoms with van der Waals surface area (Å²) in [7, 11) is 0. The Balaban J connectivity index is 2.54. The molecule has 1 fully saturated rings. The van der Waals surface area contributed by atoms with Crippen LogP contribution in [0.25, 0.3) is 0 Å². The average molecular weight is 198 g/mol. The molecule has 1 saturated heterocycles. The Morgan fingerprint density at radius 3 is 2.64 bits per heavy atom. The first kappa shape index (κ1) is 11.2. The van der Waals surface area contributed by atoms with E-state index in [9.17, 15) is 9.90 Å². The number of amides is 1. The number of β-amino-alcohol motifs (C(OH)–C–C–N with tert-alkyl or cyclic N) is 1. The maximum absolute atomic E-state index is 11.3. The van der Waals surface area contributed by atoms with Gasteiger partial charge in [-0.1, -0.05) is 6.58 Å². The number of piperazine rings is 1. The second kappa shape index (κ2) is 4.57. The number of hydrogen-bond acceptors (Lipinski definition) is 3. The normalized spacial score (nSPS) is 24.0. The molecule has 0 aromatic rings. The Morgan fingerprint density at radius 2 is 2.21 bits per heavy atom. The minimum absolute atomic E-state index is 0.104. The lowest BCUT2D eigenvalue weighted by molar-refractivity contribution is -0.136. The summed E-state index contributed by atoms with van der Waals surface area (Å²) < 4.78 is 0. The predicted octanol–water partition coefficient (Wildman–Crippen LogP) is 0.0434. The quantitative estimate of drug-likeness (QED) is 0.637. The van der Waals surface area contributed by atoms with Crippen molar-refractivity contribution in [2.24, 2.45) is 0 Å². The zero-order valence-electron chi connectivity index (χ0n) is 8.81. The van der Waals surface area contributed by atoms with Gasteiger partial charge in [-0.15, -0.1) is 0 Å². The summed E-state index contributed by atoms with van der Waals surface area (Å²) in [6.07, 6.45) is 0.741. The van der Waals surface area contributed by atoms with Crippen molar-refractivity contribution in [3.63, 3.8) is 0 Å². The summed E-state index contributed by atoms with van der Waals surface area (Å²) in [6, 6.07) is 0.311. The standard InChI is InChI=1S/C10H18N2O2/c1-4-9(13)11-5-6-12(8(2)3)10(14)7-11/h4,8,10,14H,1,5-7H2,2-3H3. The Bertz CT molecular complexity index is 228. The highest BCUT2D eigenvalue weighted by Gasteiger charge is 2.28. The molecule has 1 unspecified atom stereocenters. The molecule has 1 N–H and O–H groups in total. The van der Waals surface area contributed by atoms with E-state index in [-0.39, 0.29) is 5.91 Å². The molecule has 14 heavy (non-hydrogen) atoms. The fourth-order valence-corrected chi connectivity index (χ4v) is 1.71. The minimum atomic E-state index is -0.548. The van der Waals surface area contributed by atoms with Gasteiger partial charge in [-0.25, -0.2) is 0 Å². The predicted molar refractivity (Wildman–Crippen MR) is 54.6 cm³/mol. The van der Waals surface area contributed by atoms with Crippen LogP contribution in [0.4, 0.5) is 0 Å². The van der Waals surface area contributed by atoms with Crippen LogP contribution in [0, 0.1) is 0 Å². The second-order valence-corrected chi connectivity index (χ2v) is 3.80. The smallest absolute Gasteiger partial charge is 0.246 e. The largest absolute Gasteiger partial charge is 0.376 e. The molecule has 0 bridgehead atoms. The van der Waals surface area contributed by atoms with Gasteiger partial charge in [0.25, 0.3) is 0 Å². The first-order valence-electron chi connectivity index (χ1n) is 4.91. The summed E-state index contributed by atoms with van der Waals surface area (Å²) in [5.41, 5.74) is 0. The van der Waals surface area contributed by atoms with Crippen molar-refractivity contribution in [1.29, 1.82) is 0 Å². The third-order valence-electron chi connectivity index (χ3n) is 2.54. The molecule has 80 valence electrons. The summed E-state index contributed by atoms with van der Waals surface area (Å²) in [5.74, 6) is -0.104. The zero-order valence-corrected chi connectivity index (χ0v) is 8.81. The van der Waals surface area contributed by atoms with Crippen molar-refractivity contribution in [1.82, 2.24) is 9.80 Å². The monoisotopic (exact) mass is 198 g/mol. The molecule has 1 amide bonds. The molecular weight excluding hydrogens is 180 g/mol. The number of rotatable bonds is 2. The van der Waals surface area contributed by atoms with Gasteiger partial charge in [0.15, 0.2) is 0 Å². The zero-order chi connectivity index (χ0) is 10.7. The molecular formula is C10H18N2O2. The van der Waals surface area contributed by atoms with E-state index in [0.29, 0.717) is 19.1 Å². The van der Waals surface area contributed by atoms with E-state index in [1.165, 1.54) is 6.08 Å². The highest BCUT2D eigenvalue weighted by Crippen LogP contribution is 2.11. The molecule has 0 radical (unpaired) electrons. The van der Waals surface area contributed by atoms with Gasteiger partial charge in [-0.2, -0.15) is 0 Å². The van der Waals surface area contributed by atoms with Crippen molar-refractivity contribution in [3.8, 4) is 0 Å². The van der Waals surface area contributed by atoms with Crippen LogP contribution in [0.2, 0.25) is 0 Å². The van der Waals surface area contributed by atoms with Gasteiger partial charge in [0, 0.05) is 19.1 Å². The molecule has 0 aromatic carbocycles. The third-order valence-corrected chi connectivity index (χ3v) is 2.54. The minimum Gasteiger partial charge on any atom is -0.376 e. The maximum Gasteiger partial charge on any atom is 0.246 e. The molecule has 1 atom stereocenters. The fraction of sp³-hybridized carbons (Fsp3) is 0.700. The van der Waals surface area contributed by atoms with Crippen LogP contribution in [0.15, 0.2) is 12.7 Å². The summed E-state index contributed by atoms with van der Waals surface area (Å²) in [4.78, 5) is 14.9. The first-order valence-corrected chi connectivity index (χ1v) is 4.91. The molecule has 1 aliphatic rings. The second-order valence-electron chi connectivity index (χ2n) is 3.80. The molecule has 1 heterocycles. The lowest BCUT2D eigenvalue weighted by Gasteiger charge is -2.40. The summed E-state index contributed by atoms with van der Waals surface area (Å²) in [5, 5.41) is 9.75. The first-order chi connectivity index (χ1) is 6.56. The van der Waals surface area contributed by atoms with Gasteiger partial charge in [-0.05, 0) is 19.9 Å². The SMILES string of the molecule is C=CC(=O)N1CCN(C(C)C)C(O)C1. The number of nitrogens with zero attached hydrogens (tertiary/aromatic N) is 2. The van der Waals surface area contributed by atoms with Crippen LogP contribution in [0.5, 0.6) is 0 Å². The van der Waals surface area contributed by atoms with Crippen LogP contribution < -0.4 is 0 Å². The van der Waals surface area contributed by atoms with E-state index in [2.05, 4.69) is 6.58 Å². The van der Waals surface area contributed by atoms with Crippen molar-refractivity contribution in [3.05, 3.63) is 12.7 Å². The summed E-state index contributed by atoms with van der Waals surface area (Å²) in [6.45, 7) is 9.27. The Kier molecular flexibility index (Phi) is 3.66. The van der Waals surface area contributed by atoms with E-state index in [1.807, 2.05) is 18.7 Å². The van der Waals surface area contributed by atoms with E-state index in [1.54, 1.807) is 4.90 Å². The van der Waals surface area contributed by atoms with Crippen molar-refractivity contribution < 1.29 is 9.90 Å². The van der Waals surface area contributed by atoms with Gasteiger partial charge >= 0.3 is 0 Å². The fourth-order valence-electron chi connectivity index (χ4n) is 1.71. The van der Waals surface area contributed by atoms with Gasteiger partial charge in [0.2, 0.25) is 5.91 Å². The molecule has 0 aromatic heterocycles. The van der Waals surface area contributed by atoms with Crippen LogP contribution in [0.3, 0.4) is 0 Å². The maximum atomic E-state index is 11.3. The third kappa shape index (κ3) is 2.33. The Hall–Kier alpha value is -0.870. The van der Waals surface area contributed by atoms with Gasteiger partial charge in [-0.3, -0.25) is 9.69 Å². The molecule has 1 aliphatic heterocycles. The van der Waals surface area contributed by atoms with Crippen LogP contribution in [0.1, 0.15) is 13.8 Å². The lowest BCUT2D eigenvalue weighted by Crippen LogP contribution is -2.56. The van der Waals surface area contributed by atoms with Crippen LogP contribution in [-0.4, -0.2) is 52.7 Å². The molecule has 0 aliphatic carbocycles. The lowest BCUT2D eigenvalue weighted by atomic mass is 10.2. The molecule has 1 rings (SSSR count). The van der Waals surface area contributed by atoms with Crippen molar-refractivity contribution in [2.75, 3.05) is 19.6 Å². The number of aliphatic hydroxyl groups excluding tert-OH is 1. The van der Waals surface area contributed by atoms with Gasteiger partial charge in [0.1, 0.15) is 6.23 Å². The highest BCUT2D eigenvalue weighted by molar-refractivity contribution is 5.87. The molecule has 4 heteroatoms. The van der Waals surface area contributed by atoms with E-state index in [4.69, 9.17) is 0 Å². The van der Waals surface area contributed by atoms with Crippen molar-refractivity contribution >= 4 is 5.91 Å². The van der Waals surface area contributed by atoms with Gasteiger partial charge in [0.05, 0.1) is 6.54 Å². The Labute approximate surface area is 84.8 Å². The van der Waals surface area contributed by atoms with Gasteiger partial charge < -0.3 is 10.0 Å². The molecule has 0 saturated carbocycles. The Morgan fingerprint density at radius 1 is 1.57 bits per heavy atom. The highest BCUT2D eigenvalue weighted by atomic mass is 16.3. The van der Waals surface area contributed by atoms with E-state index >= 15 is 0 Å². The number of hydrogen-bond donors (Lipinski definition) is 1. The number of carbonyl (C=O) groups is 1. The number of aliphatic hydroxyl groups is 1. The summed E-state index contributed by atoms with van der Waals surface area (Å²) >= 11 is 0. The van der Waals surface area contributed by atoms with Crippen molar-refractivity contribution in [2.45, 2.75) is 26.1 Å². The average Bonchev–Trinajstić information content (AvgIpc) is 2.15. The van der Waals surface area contributed by atoms with E-state index < -0.39 is 6.23 Å².